The third kappa shape index (κ3) is 1.36. The van der Waals surface area contributed by atoms with Gasteiger partial charge in [0.1, 0.15) is 0 Å². The molecule has 1 nitrogen and oxygen atoms in total. The lowest BCUT2D eigenvalue weighted by atomic mass is 9.99. The summed E-state index contributed by atoms with van der Waals surface area (Å²) in [5.41, 5.74) is 0.540. The molecule has 1 N–H and O–H groups in total. The van der Waals surface area contributed by atoms with E-state index in [1.165, 1.54) is 19.3 Å². The van der Waals surface area contributed by atoms with Crippen molar-refractivity contribution in [2.75, 3.05) is 0 Å². The number of hydrogen-bond acceptors (Lipinski definition) is 1. The van der Waals surface area contributed by atoms with Gasteiger partial charge in [0.2, 0.25) is 0 Å². The average molecular weight is 332 g/mol. The monoisotopic (exact) mass is 330 g/mol. The van der Waals surface area contributed by atoms with Crippen LogP contribution in [0.3, 0.4) is 0 Å². The van der Waals surface area contributed by atoms with E-state index in [-0.39, 0.29) is 0 Å². The number of hydrogen-bond donors (Lipinski definition) is 1. The highest BCUT2D eigenvalue weighted by Crippen LogP contribution is 2.67. The summed E-state index contributed by atoms with van der Waals surface area (Å²) in [5.74, 6) is 1.02. The van der Waals surface area contributed by atoms with Crippen LogP contribution in [0.1, 0.15) is 24.8 Å². The molecule has 0 saturated heterocycles. The highest BCUT2D eigenvalue weighted by molar-refractivity contribution is 9.11. The highest BCUT2D eigenvalue weighted by atomic mass is 79.9. The summed E-state index contributed by atoms with van der Waals surface area (Å²) in [5, 5.41) is 10.6. The first-order valence-electron chi connectivity index (χ1n) is 5.32. The predicted molar refractivity (Wildman–Crippen MR) is 66.6 cm³/mol. The maximum absolute atomic E-state index is 10.6. The smallest absolute Gasteiger partial charge is 0.0971 e. The third-order valence-electron chi connectivity index (χ3n) is 3.90. The summed E-state index contributed by atoms with van der Waals surface area (Å²) in [6.07, 6.45) is 3.65. The maximum Gasteiger partial charge on any atom is 0.0971 e. The minimum Gasteiger partial charge on any atom is -0.385 e. The Hall–Kier alpha value is 0.140. The van der Waals surface area contributed by atoms with E-state index in [1.807, 2.05) is 18.2 Å². The Morgan fingerprint density at radius 1 is 1.20 bits per heavy atom. The molecular formula is C12H12Br2O. The van der Waals surface area contributed by atoms with Crippen LogP contribution in [0.5, 0.6) is 0 Å². The molecule has 15 heavy (non-hydrogen) atoms. The van der Waals surface area contributed by atoms with Gasteiger partial charge in [-0.2, -0.15) is 0 Å². The summed E-state index contributed by atoms with van der Waals surface area (Å²) in [6, 6.07) is 6.06. The number of fused-ring (bicyclic) bond motifs is 1. The van der Waals surface area contributed by atoms with Crippen molar-refractivity contribution in [3.05, 3.63) is 32.7 Å². The molecule has 2 aliphatic rings. The van der Waals surface area contributed by atoms with Crippen LogP contribution in [0, 0.1) is 11.8 Å². The molecule has 0 aliphatic heterocycles. The van der Waals surface area contributed by atoms with E-state index in [0.717, 1.165) is 14.5 Å². The van der Waals surface area contributed by atoms with E-state index >= 15 is 0 Å². The van der Waals surface area contributed by atoms with E-state index in [2.05, 4.69) is 31.9 Å². The van der Waals surface area contributed by atoms with Crippen molar-refractivity contribution in [1.29, 1.82) is 0 Å². The Balaban J connectivity index is 2.00. The van der Waals surface area contributed by atoms with Gasteiger partial charge in [-0.15, -0.1) is 0 Å². The molecule has 0 heterocycles. The van der Waals surface area contributed by atoms with Gasteiger partial charge in [0, 0.05) is 8.95 Å². The average Bonchev–Trinajstić information content (AvgIpc) is 2.63. The highest BCUT2D eigenvalue weighted by Gasteiger charge is 2.66. The fourth-order valence-electron chi connectivity index (χ4n) is 3.14. The minimum absolute atomic E-state index is 0.509. The number of benzene rings is 1. The molecule has 3 rings (SSSR count). The molecular weight excluding hydrogens is 320 g/mol. The van der Waals surface area contributed by atoms with Gasteiger partial charge in [0.05, 0.1) is 5.60 Å². The van der Waals surface area contributed by atoms with Crippen molar-refractivity contribution in [2.45, 2.75) is 24.9 Å². The summed E-state index contributed by atoms with van der Waals surface area (Å²) in [7, 11) is 0. The molecule has 0 aromatic heterocycles. The number of aliphatic hydroxyl groups is 1. The SMILES string of the molecule is OC1(c2ccc(Br)cc2Br)C2CCCC21. The standard InChI is InChI=1S/C12H12Br2O/c13-7-4-5-10(11(14)6-7)12(15)8-2-1-3-9(8)12/h4-6,8-9,15H,1-3H2. The molecule has 3 heteroatoms. The quantitative estimate of drug-likeness (QED) is 0.829. The van der Waals surface area contributed by atoms with Gasteiger partial charge in [-0.3, -0.25) is 0 Å². The molecule has 2 aliphatic carbocycles. The Labute approximate surface area is 106 Å². The van der Waals surface area contributed by atoms with Crippen LogP contribution in [-0.2, 0) is 5.60 Å². The second kappa shape index (κ2) is 3.31. The van der Waals surface area contributed by atoms with Crippen molar-refractivity contribution in [2.24, 2.45) is 11.8 Å². The van der Waals surface area contributed by atoms with E-state index in [1.54, 1.807) is 0 Å². The van der Waals surface area contributed by atoms with Crippen LogP contribution in [-0.4, -0.2) is 5.11 Å². The molecule has 80 valence electrons. The van der Waals surface area contributed by atoms with Crippen LogP contribution in [0.4, 0.5) is 0 Å². The molecule has 2 fully saturated rings. The van der Waals surface area contributed by atoms with Crippen molar-refractivity contribution < 1.29 is 5.11 Å². The van der Waals surface area contributed by atoms with Crippen LogP contribution in [0.25, 0.3) is 0 Å². The summed E-state index contributed by atoms with van der Waals surface area (Å²) >= 11 is 6.97. The van der Waals surface area contributed by atoms with Crippen LogP contribution < -0.4 is 0 Å². The van der Waals surface area contributed by atoms with Crippen LogP contribution in [0.2, 0.25) is 0 Å². The zero-order chi connectivity index (χ0) is 10.6. The maximum atomic E-state index is 10.6. The molecule has 0 spiro atoms. The first-order valence-corrected chi connectivity index (χ1v) is 6.90. The second-order valence-electron chi connectivity index (χ2n) is 4.59. The van der Waals surface area contributed by atoms with Crippen molar-refractivity contribution in [1.82, 2.24) is 0 Å². The molecule has 0 bridgehead atoms. The zero-order valence-corrected chi connectivity index (χ0v) is 11.4. The predicted octanol–water partition coefficient (Wildman–Crippen LogP) is 3.83. The largest absolute Gasteiger partial charge is 0.385 e. The number of halogens is 2. The van der Waals surface area contributed by atoms with Crippen molar-refractivity contribution in [3.63, 3.8) is 0 Å². The minimum atomic E-state index is -0.530. The molecule has 1 aromatic carbocycles. The normalized spacial score (nSPS) is 37.8. The first-order chi connectivity index (χ1) is 7.14. The fourth-order valence-corrected chi connectivity index (χ4v) is 4.50. The third-order valence-corrected chi connectivity index (χ3v) is 5.05. The van der Waals surface area contributed by atoms with E-state index in [9.17, 15) is 5.11 Å². The van der Waals surface area contributed by atoms with Crippen molar-refractivity contribution >= 4 is 31.9 Å². The zero-order valence-electron chi connectivity index (χ0n) is 8.21. The first kappa shape index (κ1) is 10.3. The molecule has 2 unspecified atom stereocenters. The second-order valence-corrected chi connectivity index (χ2v) is 6.36. The van der Waals surface area contributed by atoms with E-state index < -0.39 is 5.60 Å². The van der Waals surface area contributed by atoms with Crippen LogP contribution >= 0.6 is 31.9 Å². The Morgan fingerprint density at radius 3 is 2.47 bits per heavy atom. The van der Waals surface area contributed by atoms with Gasteiger partial charge in [0.25, 0.3) is 0 Å². The summed E-state index contributed by atoms with van der Waals surface area (Å²) in [4.78, 5) is 0. The summed E-state index contributed by atoms with van der Waals surface area (Å²) in [6.45, 7) is 0. The molecule has 2 saturated carbocycles. The molecule has 0 radical (unpaired) electrons. The molecule has 1 aromatic rings. The Morgan fingerprint density at radius 2 is 1.87 bits per heavy atom. The molecule has 0 amide bonds. The number of rotatable bonds is 1. The van der Waals surface area contributed by atoms with Gasteiger partial charge in [-0.1, -0.05) is 44.3 Å². The molecule has 2 atom stereocenters. The van der Waals surface area contributed by atoms with E-state index in [0.29, 0.717) is 11.8 Å². The van der Waals surface area contributed by atoms with Gasteiger partial charge >= 0.3 is 0 Å². The van der Waals surface area contributed by atoms with Gasteiger partial charge < -0.3 is 5.11 Å². The van der Waals surface area contributed by atoms with Gasteiger partial charge in [-0.25, -0.2) is 0 Å². The Bertz CT molecular complexity index is 406. The van der Waals surface area contributed by atoms with Crippen LogP contribution in [0.15, 0.2) is 27.1 Å². The lowest BCUT2D eigenvalue weighted by molar-refractivity contribution is 0.105. The lowest BCUT2D eigenvalue weighted by Crippen LogP contribution is -2.13. The topological polar surface area (TPSA) is 20.2 Å². The van der Waals surface area contributed by atoms with Crippen molar-refractivity contribution in [3.8, 4) is 0 Å². The van der Waals surface area contributed by atoms with Gasteiger partial charge in [0.15, 0.2) is 0 Å². The lowest BCUT2D eigenvalue weighted by Gasteiger charge is -2.16. The summed E-state index contributed by atoms with van der Waals surface area (Å²) < 4.78 is 2.07. The van der Waals surface area contributed by atoms with Gasteiger partial charge in [-0.05, 0) is 42.4 Å². The fraction of sp³-hybridized carbons (Fsp3) is 0.500. The Kier molecular flexibility index (Phi) is 2.28. The van der Waals surface area contributed by atoms with E-state index in [4.69, 9.17) is 0 Å².